The van der Waals surface area contributed by atoms with Gasteiger partial charge in [-0.15, -0.1) is 0 Å². The molecule has 0 amide bonds. The maximum absolute atomic E-state index is 10.7. The molecule has 1 unspecified atom stereocenters. The van der Waals surface area contributed by atoms with Crippen molar-refractivity contribution in [2.75, 3.05) is 7.11 Å². The van der Waals surface area contributed by atoms with Crippen LogP contribution in [0.15, 0.2) is 18.2 Å². The van der Waals surface area contributed by atoms with Crippen molar-refractivity contribution in [2.24, 2.45) is 0 Å². The molecule has 1 N–H and O–H groups in total. The molecule has 1 atom stereocenters. The smallest absolute Gasteiger partial charge is 0.161 e. The lowest BCUT2D eigenvalue weighted by atomic mass is 9.97. The topological polar surface area (TPSA) is 46.5 Å². The minimum Gasteiger partial charge on any atom is -0.504 e. The van der Waals surface area contributed by atoms with E-state index < -0.39 is 0 Å². The standard InChI is InChI=1S/C11H14O3/c1-3-8(7-12)9-5-4-6-10(14-2)11(9)13/h4-8,13H,3H2,1-2H3. The summed E-state index contributed by atoms with van der Waals surface area (Å²) < 4.78 is 4.96. The molecule has 3 heteroatoms. The second-order valence-corrected chi connectivity index (χ2v) is 3.05. The number of ether oxygens (including phenoxy) is 1. The summed E-state index contributed by atoms with van der Waals surface area (Å²) in [5.41, 5.74) is 0.627. The first-order valence-electron chi connectivity index (χ1n) is 4.55. The van der Waals surface area contributed by atoms with Gasteiger partial charge in [0.2, 0.25) is 0 Å². The zero-order valence-corrected chi connectivity index (χ0v) is 8.36. The number of aldehydes is 1. The Morgan fingerprint density at radius 1 is 1.57 bits per heavy atom. The zero-order valence-electron chi connectivity index (χ0n) is 8.36. The van der Waals surface area contributed by atoms with Crippen LogP contribution >= 0.6 is 0 Å². The Labute approximate surface area is 83.3 Å². The number of rotatable bonds is 4. The van der Waals surface area contributed by atoms with Crippen LogP contribution in [0.5, 0.6) is 11.5 Å². The molecule has 1 aromatic rings. The molecule has 76 valence electrons. The number of hydrogen-bond acceptors (Lipinski definition) is 3. The molecule has 0 saturated heterocycles. The fraction of sp³-hybridized carbons (Fsp3) is 0.364. The van der Waals surface area contributed by atoms with Crippen LogP contribution in [0.1, 0.15) is 24.8 Å². The third-order valence-electron chi connectivity index (χ3n) is 2.25. The number of hydrogen-bond donors (Lipinski definition) is 1. The predicted octanol–water partition coefficient (Wildman–Crippen LogP) is 2.09. The minimum absolute atomic E-state index is 0.0638. The Balaban J connectivity index is 3.13. The Kier molecular flexibility index (Phi) is 3.51. The first-order valence-corrected chi connectivity index (χ1v) is 4.55. The molecule has 3 nitrogen and oxygen atoms in total. The van der Waals surface area contributed by atoms with Crippen molar-refractivity contribution in [3.05, 3.63) is 23.8 Å². The molecule has 0 saturated carbocycles. The molecule has 0 radical (unpaired) electrons. The zero-order chi connectivity index (χ0) is 10.6. The van der Waals surface area contributed by atoms with Crippen molar-refractivity contribution in [3.63, 3.8) is 0 Å². The van der Waals surface area contributed by atoms with E-state index in [0.717, 1.165) is 6.29 Å². The number of aromatic hydroxyl groups is 1. The summed E-state index contributed by atoms with van der Waals surface area (Å²) in [5, 5.41) is 9.74. The first kappa shape index (κ1) is 10.6. The summed E-state index contributed by atoms with van der Waals surface area (Å²) in [6, 6.07) is 5.16. The van der Waals surface area contributed by atoms with Crippen LogP contribution in [0, 0.1) is 0 Å². The predicted molar refractivity (Wildman–Crippen MR) is 53.8 cm³/mol. The summed E-state index contributed by atoms with van der Waals surface area (Å²) in [5.74, 6) is 0.210. The molecular formula is C11H14O3. The van der Waals surface area contributed by atoms with Crippen molar-refractivity contribution in [2.45, 2.75) is 19.3 Å². The van der Waals surface area contributed by atoms with Gasteiger partial charge in [-0.2, -0.15) is 0 Å². The molecule has 0 aromatic heterocycles. The third-order valence-corrected chi connectivity index (χ3v) is 2.25. The van der Waals surface area contributed by atoms with Gasteiger partial charge in [0.25, 0.3) is 0 Å². The van der Waals surface area contributed by atoms with E-state index in [1.165, 1.54) is 7.11 Å². The Morgan fingerprint density at radius 3 is 2.79 bits per heavy atom. The highest BCUT2D eigenvalue weighted by molar-refractivity contribution is 5.65. The average molecular weight is 194 g/mol. The molecule has 1 aromatic carbocycles. The molecule has 0 heterocycles. The fourth-order valence-electron chi connectivity index (χ4n) is 1.39. The lowest BCUT2D eigenvalue weighted by Gasteiger charge is -2.12. The van der Waals surface area contributed by atoms with Gasteiger partial charge < -0.3 is 14.6 Å². The molecule has 0 aliphatic heterocycles. The summed E-state index contributed by atoms with van der Waals surface area (Å²) in [4.78, 5) is 10.7. The van der Waals surface area contributed by atoms with Gasteiger partial charge in [-0.3, -0.25) is 0 Å². The molecule has 0 fully saturated rings. The van der Waals surface area contributed by atoms with Gasteiger partial charge in [0.05, 0.1) is 7.11 Å². The van der Waals surface area contributed by atoms with Crippen molar-refractivity contribution in [1.82, 2.24) is 0 Å². The van der Waals surface area contributed by atoms with E-state index in [1.807, 2.05) is 6.92 Å². The minimum atomic E-state index is -0.259. The second-order valence-electron chi connectivity index (χ2n) is 3.05. The van der Waals surface area contributed by atoms with E-state index in [1.54, 1.807) is 18.2 Å². The Bertz CT molecular complexity index is 320. The largest absolute Gasteiger partial charge is 0.504 e. The molecule has 14 heavy (non-hydrogen) atoms. The molecular weight excluding hydrogens is 180 g/mol. The summed E-state index contributed by atoms with van der Waals surface area (Å²) >= 11 is 0. The number of phenolic OH excluding ortho intramolecular Hbond substituents is 1. The van der Waals surface area contributed by atoms with Crippen LogP contribution in [-0.2, 0) is 4.79 Å². The summed E-state index contributed by atoms with van der Waals surface area (Å²) in [6.07, 6.45) is 1.51. The van der Waals surface area contributed by atoms with Crippen LogP contribution < -0.4 is 4.74 Å². The van der Waals surface area contributed by atoms with Crippen molar-refractivity contribution in [3.8, 4) is 11.5 Å². The van der Waals surface area contributed by atoms with Crippen LogP contribution in [0.3, 0.4) is 0 Å². The normalized spacial score (nSPS) is 12.1. The molecule has 0 aliphatic rings. The summed E-state index contributed by atoms with van der Waals surface area (Å²) in [7, 11) is 1.49. The summed E-state index contributed by atoms with van der Waals surface area (Å²) in [6.45, 7) is 1.90. The van der Waals surface area contributed by atoms with Crippen LogP contribution in [0.4, 0.5) is 0 Å². The highest BCUT2D eigenvalue weighted by Crippen LogP contribution is 2.34. The van der Waals surface area contributed by atoms with E-state index in [0.29, 0.717) is 17.7 Å². The second kappa shape index (κ2) is 4.65. The highest BCUT2D eigenvalue weighted by atomic mass is 16.5. The lowest BCUT2D eigenvalue weighted by molar-refractivity contribution is -0.109. The number of methoxy groups -OCH3 is 1. The maximum Gasteiger partial charge on any atom is 0.161 e. The number of benzene rings is 1. The van der Waals surface area contributed by atoms with E-state index in [9.17, 15) is 9.90 Å². The van der Waals surface area contributed by atoms with Crippen LogP contribution in [0.25, 0.3) is 0 Å². The van der Waals surface area contributed by atoms with Crippen molar-refractivity contribution in [1.29, 1.82) is 0 Å². The quantitative estimate of drug-likeness (QED) is 0.746. The maximum atomic E-state index is 10.7. The van der Waals surface area contributed by atoms with Crippen molar-refractivity contribution >= 4 is 6.29 Å². The average Bonchev–Trinajstić information content (AvgIpc) is 2.22. The van der Waals surface area contributed by atoms with Gasteiger partial charge in [-0.05, 0) is 12.5 Å². The van der Waals surface area contributed by atoms with E-state index in [2.05, 4.69) is 0 Å². The SMILES string of the molecule is CCC(C=O)c1cccc(OC)c1O. The third kappa shape index (κ3) is 1.87. The van der Waals surface area contributed by atoms with Crippen molar-refractivity contribution < 1.29 is 14.6 Å². The van der Waals surface area contributed by atoms with Gasteiger partial charge in [-0.25, -0.2) is 0 Å². The van der Waals surface area contributed by atoms with Crippen LogP contribution in [0.2, 0.25) is 0 Å². The molecule has 0 aliphatic carbocycles. The van der Waals surface area contributed by atoms with E-state index >= 15 is 0 Å². The fourth-order valence-corrected chi connectivity index (χ4v) is 1.39. The van der Waals surface area contributed by atoms with Gasteiger partial charge in [-0.1, -0.05) is 19.1 Å². The monoisotopic (exact) mass is 194 g/mol. The molecule has 1 rings (SSSR count). The number of para-hydroxylation sites is 1. The van der Waals surface area contributed by atoms with Gasteiger partial charge in [0.15, 0.2) is 11.5 Å². The van der Waals surface area contributed by atoms with Gasteiger partial charge in [0.1, 0.15) is 6.29 Å². The van der Waals surface area contributed by atoms with Gasteiger partial charge in [0, 0.05) is 11.5 Å². The number of carbonyl (C=O) groups is 1. The first-order chi connectivity index (χ1) is 6.74. The van der Waals surface area contributed by atoms with Gasteiger partial charge >= 0.3 is 0 Å². The van der Waals surface area contributed by atoms with E-state index in [-0.39, 0.29) is 11.7 Å². The lowest BCUT2D eigenvalue weighted by Crippen LogP contribution is -1.99. The Hall–Kier alpha value is -1.51. The number of carbonyl (C=O) groups excluding carboxylic acids is 1. The highest BCUT2D eigenvalue weighted by Gasteiger charge is 2.15. The van der Waals surface area contributed by atoms with Crippen LogP contribution in [-0.4, -0.2) is 18.5 Å². The molecule has 0 bridgehead atoms. The number of phenols is 1. The Morgan fingerprint density at radius 2 is 2.29 bits per heavy atom. The van der Waals surface area contributed by atoms with E-state index in [4.69, 9.17) is 4.74 Å². The molecule has 0 spiro atoms.